The molecule has 5 nitrogen and oxygen atoms in total. The molecular weight excluding hydrogens is 270 g/mol. The first-order chi connectivity index (χ1) is 9.26. The maximum atomic E-state index is 12.0. The molecule has 5 heteroatoms. The van der Waals surface area contributed by atoms with Crippen LogP contribution in [0.4, 0.5) is 0 Å². The Balaban J connectivity index is 2.85. The van der Waals surface area contributed by atoms with E-state index in [2.05, 4.69) is 0 Å². The Bertz CT molecular complexity index is 477. The van der Waals surface area contributed by atoms with E-state index in [0.29, 0.717) is 6.42 Å². The third-order valence-corrected chi connectivity index (χ3v) is 3.25. The van der Waals surface area contributed by atoms with Crippen LogP contribution in [0.2, 0.25) is 0 Å². The van der Waals surface area contributed by atoms with Crippen LogP contribution in [0.15, 0.2) is 12.2 Å². The van der Waals surface area contributed by atoms with Gasteiger partial charge in [0.15, 0.2) is 0 Å². The normalized spacial score (nSPS) is 16.6. The van der Waals surface area contributed by atoms with Crippen LogP contribution in [0.3, 0.4) is 0 Å². The van der Waals surface area contributed by atoms with Crippen LogP contribution in [-0.4, -0.2) is 33.8 Å². The monoisotopic (exact) mass is 295 g/mol. The van der Waals surface area contributed by atoms with E-state index in [1.165, 1.54) is 17.1 Å². The summed E-state index contributed by atoms with van der Waals surface area (Å²) in [6.07, 6.45) is 2.89. The summed E-state index contributed by atoms with van der Waals surface area (Å²) < 4.78 is 5.56. The molecule has 0 bridgehead atoms. The SMILES string of the molecule is CC(C)(CC(C)(C)N1C(=O)C=CC1=O)OC(=O)C(C)(C)C. The molecule has 1 heterocycles. The van der Waals surface area contributed by atoms with E-state index in [1.807, 2.05) is 0 Å². The summed E-state index contributed by atoms with van der Waals surface area (Å²) in [5.41, 5.74) is -2.11. The number of hydrogen-bond donors (Lipinski definition) is 0. The third-order valence-electron chi connectivity index (χ3n) is 3.25. The summed E-state index contributed by atoms with van der Waals surface area (Å²) in [5, 5.41) is 0. The molecule has 0 saturated heterocycles. The van der Waals surface area contributed by atoms with Crippen LogP contribution < -0.4 is 0 Å². The first-order valence-electron chi connectivity index (χ1n) is 7.06. The Morgan fingerprint density at radius 2 is 1.43 bits per heavy atom. The fourth-order valence-electron chi connectivity index (χ4n) is 2.56. The summed E-state index contributed by atoms with van der Waals surface area (Å²) >= 11 is 0. The van der Waals surface area contributed by atoms with E-state index >= 15 is 0 Å². The zero-order valence-electron chi connectivity index (χ0n) is 13.9. The second-order valence-corrected chi connectivity index (χ2v) is 7.73. The van der Waals surface area contributed by atoms with Gasteiger partial charge in [-0.2, -0.15) is 0 Å². The number of rotatable bonds is 4. The smallest absolute Gasteiger partial charge is 0.311 e. The van der Waals surface area contributed by atoms with Gasteiger partial charge in [0.1, 0.15) is 5.60 Å². The Morgan fingerprint density at radius 3 is 1.81 bits per heavy atom. The zero-order valence-corrected chi connectivity index (χ0v) is 13.9. The molecule has 0 saturated carbocycles. The van der Waals surface area contributed by atoms with E-state index in [1.54, 1.807) is 48.5 Å². The van der Waals surface area contributed by atoms with Crippen molar-refractivity contribution >= 4 is 17.8 Å². The number of amides is 2. The average Bonchev–Trinajstić information content (AvgIpc) is 2.54. The standard InChI is InChI=1S/C16H25NO4/c1-14(2,3)13(20)21-16(6,7)10-15(4,5)17-11(18)8-9-12(17)19/h8-9H,10H2,1-7H3. The predicted molar refractivity (Wildman–Crippen MR) is 79.3 cm³/mol. The van der Waals surface area contributed by atoms with Gasteiger partial charge in [-0.05, 0) is 48.5 Å². The number of carbonyl (C=O) groups is 3. The van der Waals surface area contributed by atoms with E-state index in [-0.39, 0.29) is 17.8 Å². The van der Waals surface area contributed by atoms with Crippen LogP contribution >= 0.6 is 0 Å². The maximum absolute atomic E-state index is 12.0. The lowest BCUT2D eigenvalue weighted by molar-refractivity contribution is -0.169. The molecule has 1 rings (SSSR count). The van der Waals surface area contributed by atoms with Crippen molar-refractivity contribution in [2.75, 3.05) is 0 Å². The van der Waals surface area contributed by atoms with Gasteiger partial charge >= 0.3 is 5.97 Å². The minimum absolute atomic E-state index is 0.305. The molecule has 21 heavy (non-hydrogen) atoms. The van der Waals surface area contributed by atoms with Crippen molar-refractivity contribution in [3.63, 3.8) is 0 Å². The van der Waals surface area contributed by atoms with E-state index in [0.717, 1.165) is 0 Å². The molecule has 0 N–H and O–H groups in total. The lowest BCUT2D eigenvalue weighted by Gasteiger charge is -2.40. The number of nitrogens with zero attached hydrogens (tertiary/aromatic N) is 1. The van der Waals surface area contributed by atoms with Crippen molar-refractivity contribution in [3.8, 4) is 0 Å². The highest BCUT2D eigenvalue weighted by Gasteiger charge is 2.42. The van der Waals surface area contributed by atoms with Crippen molar-refractivity contribution in [1.29, 1.82) is 0 Å². The predicted octanol–water partition coefficient (Wildman–Crippen LogP) is 2.45. The summed E-state index contributed by atoms with van der Waals surface area (Å²) in [6, 6.07) is 0. The lowest BCUT2D eigenvalue weighted by atomic mass is 9.87. The molecule has 1 aliphatic rings. The van der Waals surface area contributed by atoms with Gasteiger partial charge in [-0.25, -0.2) is 0 Å². The number of hydrogen-bond acceptors (Lipinski definition) is 4. The second-order valence-electron chi connectivity index (χ2n) is 7.73. The fourth-order valence-corrected chi connectivity index (χ4v) is 2.56. The molecule has 0 aromatic heterocycles. The second kappa shape index (κ2) is 5.28. The average molecular weight is 295 g/mol. The van der Waals surface area contributed by atoms with Gasteiger partial charge < -0.3 is 4.74 Å². The highest BCUT2D eigenvalue weighted by Crippen LogP contribution is 2.32. The van der Waals surface area contributed by atoms with E-state index in [9.17, 15) is 14.4 Å². The van der Waals surface area contributed by atoms with Crippen molar-refractivity contribution in [2.45, 2.75) is 66.0 Å². The van der Waals surface area contributed by atoms with Crippen LogP contribution in [0.1, 0.15) is 54.9 Å². The van der Waals surface area contributed by atoms with Gasteiger partial charge in [0.05, 0.1) is 5.41 Å². The quantitative estimate of drug-likeness (QED) is 0.590. The lowest BCUT2D eigenvalue weighted by Crippen LogP contribution is -2.52. The van der Waals surface area contributed by atoms with Gasteiger partial charge in [-0.1, -0.05) is 0 Å². The molecular formula is C16H25NO4. The molecule has 118 valence electrons. The molecule has 1 aliphatic heterocycles. The summed E-state index contributed by atoms with van der Waals surface area (Å²) in [7, 11) is 0. The molecule has 0 aliphatic carbocycles. The summed E-state index contributed by atoms with van der Waals surface area (Å²) in [5.74, 6) is -0.966. The number of imide groups is 1. The highest BCUT2D eigenvalue weighted by atomic mass is 16.6. The van der Waals surface area contributed by atoms with Gasteiger partial charge in [-0.15, -0.1) is 0 Å². The van der Waals surface area contributed by atoms with Gasteiger partial charge in [0, 0.05) is 24.1 Å². The van der Waals surface area contributed by atoms with Crippen molar-refractivity contribution in [1.82, 2.24) is 4.90 Å². The van der Waals surface area contributed by atoms with Crippen molar-refractivity contribution in [2.24, 2.45) is 5.41 Å². The summed E-state index contributed by atoms with van der Waals surface area (Å²) in [4.78, 5) is 36.9. The zero-order chi connectivity index (χ0) is 16.6. The minimum atomic E-state index is -0.781. The first kappa shape index (κ1) is 17.4. The third kappa shape index (κ3) is 4.16. The van der Waals surface area contributed by atoms with Gasteiger partial charge in [0.25, 0.3) is 11.8 Å². The maximum Gasteiger partial charge on any atom is 0.311 e. The molecule has 0 unspecified atom stereocenters. The Hall–Kier alpha value is -1.65. The molecule has 0 aromatic carbocycles. The largest absolute Gasteiger partial charge is 0.459 e. The van der Waals surface area contributed by atoms with Crippen LogP contribution in [-0.2, 0) is 19.1 Å². The minimum Gasteiger partial charge on any atom is -0.459 e. The number of ether oxygens (including phenoxy) is 1. The van der Waals surface area contributed by atoms with Crippen molar-refractivity contribution < 1.29 is 19.1 Å². The summed E-state index contributed by atoms with van der Waals surface area (Å²) in [6.45, 7) is 12.5. The van der Waals surface area contributed by atoms with Crippen LogP contribution in [0.25, 0.3) is 0 Å². The Morgan fingerprint density at radius 1 is 1.00 bits per heavy atom. The molecule has 0 fully saturated rings. The van der Waals surface area contributed by atoms with E-state index < -0.39 is 16.6 Å². The Kier molecular flexibility index (Phi) is 4.37. The van der Waals surface area contributed by atoms with Crippen LogP contribution in [0.5, 0.6) is 0 Å². The number of esters is 1. The molecule has 0 aromatic rings. The fraction of sp³-hybridized carbons (Fsp3) is 0.688. The molecule has 0 atom stereocenters. The van der Waals surface area contributed by atoms with Gasteiger partial charge in [0.2, 0.25) is 0 Å². The van der Waals surface area contributed by atoms with E-state index in [4.69, 9.17) is 4.74 Å². The Labute approximate surface area is 126 Å². The van der Waals surface area contributed by atoms with Crippen LogP contribution in [0, 0.1) is 5.41 Å². The van der Waals surface area contributed by atoms with Gasteiger partial charge in [-0.3, -0.25) is 19.3 Å². The topological polar surface area (TPSA) is 63.7 Å². The first-order valence-corrected chi connectivity index (χ1v) is 7.06. The number of carbonyl (C=O) groups excluding carboxylic acids is 3. The molecule has 2 amide bonds. The molecule has 0 spiro atoms. The van der Waals surface area contributed by atoms with Crippen molar-refractivity contribution in [3.05, 3.63) is 12.2 Å². The highest BCUT2D eigenvalue weighted by molar-refractivity contribution is 6.13. The molecule has 0 radical (unpaired) electrons.